The van der Waals surface area contributed by atoms with E-state index < -0.39 is 6.09 Å². The molecular formula is C37H39NO5. The third kappa shape index (κ3) is 8.64. The Hall–Kier alpha value is -4.23. The average Bonchev–Trinajstić information content (AvgIpc) is 3.40. The highest BCUT2D eigenvalue weighted by Gasteiger charge is 2.45. The number of carbonyl (C=O) groups excluding carboxylic acids is 1. The lowest BCUT2D eigenvalue weighted by Gasteiger charge is -2.27. The molecule has 5 rings (SSSR count). The minimum absolute atomic E-state index is 0.145. The standard InChI is InChI=1S/C37H39NO5/c1-2-14-34-36(42-26-31-19-10-5-11-20-31)35(41-25-30-17-8-4-9-18-30)23-38(34)37(39)43-28-33-22-13-12-21-32(33)27-40-24-29-15-6-3-7-16-29/h2-13,15-22,34-36H,1,14,23-28H2/t34-,35-,36-/m1/s1. The molecule has 1 fully saturated rings. The second-order valence-corrected chi connectivity index (χ2v) is 10.6. The van der Waals surface area contributed by atoms with Crippen LogP contribution in [0.1, 0.15) is 34.2 Å². The first kappa shape index (κ1) is 30.2. The van der Waals surface area contributed by atoms with E-state index in [-0.39, 0.29) is 24.9 Å². The Morgan fingerprint density at radius 1 is 0.674 bits per heavy atom. The zero-order valence-corrected chi connectivity index (χ0v) is 24.4. The largest absolute Gasteiger partial charge is 0.445 e. The summed E-state index contributed by atoms with van der Waals surface area (Å²) in [6.07, 6.45) is 1.33. The van der Waals surface area contributed by atoms with Gasteiger partial charge in [-0.05, 0) is 34.2 Å². The fourth-order valence-electron chi connectivity index (χ4n) is 5.33. The van der Waals surface area contributed by atoms with Crippen LogP contribution in [0.15, 0.2) is 128 Å². The SMILES string of the molecule is C=CC[C@@H]1[C@@H](OCc2ccccc2)[C@H](OCc2ccccc2)CN1C(=O)OCc1ccccc1COCc1ccccc1. The molecule has 1 saturated heterocycles. The fourth-order valence-corrected chi connectivity index (χ4v) is 5.33. The Morgan fingerprint density at radius 2 is 1.19 bits per heavy atom. The number of amides is 1. The molecule has 1 aliphatic rings. The van der Waals surface area contributed by atoms with Crippen LogP contribution in [0.25, 0.3) is 0 Å². The third-order valence-electron chi connectivity index (χ3n) is 7.60. The van der Waals surface area contributed by atoms with Crippen molar-refractivity contribution in [3.8, 4) is 0 Å². The lowest BCUT2D eigenvalue weighted by atomic mass is 10.1. The molecule has 222 valence electrons. The highest BCUT2D eigenvalue weighted by atomic mass is 16.6. The topological polar surface area (TPSA) is 57.2 Å². The van der Waals surface area contributed by atoms with Crippen LogP contribution in [0.4, 0.5) is 4.79 Å². The second-order valence-electron chi connectivity index (χ2n) is 10.6. The smallest absolute Gasteiger partial charge is 0.410 e. The van der Waals surface area contributed by atoms with E-state index in [4.69, 9.17) is 18.9 Å². The van der Waals surface area contributed by atoms with Crippen molar-refractivity contribution in [1.29, 1.82) is 0 Å². The van der Waals surface area contributed by atoms with Crippen LogP contribution in [-0.4, -0.2) is 35.8 Å². The molecule has 0 N–H and O–H groups in total. The molecule has 0 aromatic heterocycles. The summed E-state index contributed by atoms with van der Waals surface area (Å²) in [5.41, 5.74) is 5.15. The molecule has 0 aliphatic carbocycles. The molecule has 3 atom stereocenters. The van der Waals surface area contributed by atoms with Crippen LogP contribution < -0.4 is 0 Å². The van der Waals surface area contributed by atoms with E-state index in [2.05, 4.69) is 6.58 Å². The number of rotatable bonds is 14. The maximum atomic E-state index is 13.6. The number of hydrogen-bond donors (Lipinski definition) is 0. The lowest BCUT2D eigenvalue weighted by molar-refractivity contribution is -0.0704. The van der Waals surface area contributed by atoms with Crippen molar-refractivity contribution < 1.29 is 23.7 Å². The highest BCUT2D eigenvalue weighted by Crippen LogP contribution is 2.29. The Kier molecular flexibility index (Phi) is 11.1. The zero-order chi connectivity index (χ0) is 29.7. The van der Waals surface area contributed by atoms with Gasteiger partial charge in [0, 0.05) is 0 Å². The maximum Gasteiger partial charge on any atom is 0.410 e. The van der Waals surface area contributed by atoms with Gasteiger partial charge in [-0.3, -0.25) is 4.90 Å². The Labute approximate surface area is 254 Å². The van der Waals surface area contributed by atoms with Crippen LogP contribution in [0.3, 0.4) is 0 Å². The van der Waals surface area contributed by atoms with Crippen molar-refractivity contribution >= 4 is 6.09 Å². The highest BCUT2D eigenvalue weighted by molar-refractivity contribution is 5.69. The summed E-state index contributed by atoms with van der Waals surface area (Å²) in [4.78, 5) is 15.3. The summed E-state index contributed by atoms with van der Waals surface area (Å²) in [5, 5.41) is 0. The summed E-state index contributed by atoms with van der Waals surface area (Å²) >= 11 is 0. The first-order valence-electron chi connectivity index (χ1n) is 14.7. The molecule has 1 amide bonds. The quantitative estimate of drug-likeness (QED) is 0.146. The second kappa shape index (κ2) is 15.8. The summed E-state index contributed by atoms with van der Waals surface area (Å²) < 4.78 is 24.7. The van der Waals surface area contributed by atoms with Crippen LogP contribution in [0.5, 0.6) is 0 Å². The molecule has 6 nitrogen and oxygen atoms in total. The number of ether oxygens (including phenoxy) is 4. The minimum Gasteiger partial charge on any atom is -0.445 e. The van der Waals surface area contributed by atoms with Crippen LogP contribution in [0, 0.1) is 0 Å². The normalized spacial score (nSPS) is 18.0. The van der Waals surface area contributed by atoms with E-state index in [0.29, 0.717) is 39.4 Å². The summed E-state index contributed by atoms with van der Waals surface area (Å²) in [5.74, 6) is 0. The molecule has 0 unspecified atom stereocenters. The van der Waals surface area contributed by atoms with Gasteiger partial charge >= 0.3 is 6.09 Å². The van der Waals surface area contributed by atoms with E-state index in [1.807, 2.05) is 121 Å². The van der Waals surface area contributed by atoms with Gasteiger partial charge in [0.2, 0.25) is 0 Å². The summed E-state index contributed by atoms with van der Waals surface area (Å²) in [7, 11) is 0. The molecule has 0 spiro atoms. The van der Waals surface area contributed by atoms with Gasteiger partial charge in [-0.25, -0.2) is 4.79 Å². The number of benzene rings is 4. The van der Waals surface area contributed by atoms with Crippen LogP contribution in [-0.2, 0) is 52.0 Å². The van der Waals surface area contributed by atoms with Crippen molar-refractivity contribution in [2.75, 3.05) is 6.54 Å². The van der Waals surface area contributed by atoms with Gasteiger partial charge in [0.15, 0.2) is 0 Å². The lowest BCUT2D eigenvalue weighted by Crippen LogP contribution is -2.41. The Balaban J connectivity index is 1.24. The van der Waals surface area contributed by atoms with Gasteiger partial charge in [0.05, 0.1) is 39.0 Å². The Bertz CT molecular complexity index is 1410. The Morgan fingerprint density at radius 3 is 1.77 bits per heavy atom. The molecule has 1 heterocycles. The molecule has 4 aromatic carbocycles. The third-order valence-corrected chi connectivity index (χ3v) is 7.60. The van der Waals surface area contributed by atoms with Crippen LogP contribution >= 0.6 is 0 Å². The number of likely N-dealkylation sites (tertiary alicyclic amines) is 1. The van der Waals surface area contributed by atoms with Gasteiger partial charge in [-0.15, -0.1) is 6.58 Å². The summed E-state index contributed by atoms with van der Waals surface area (Å²) in [6.45, 7) is 6.26. The van der Waals surface area contributed by atoms with Gasteiger partial charge < -0.3 is 18.9 Å². The first-order chi connectivity index (χ1) is 21.2. The van der Waals surface area contributed by atoms with Gasteiger partial charge in [-0.2, -0.15) is 0 Å². The molecule has 43 heavy (non-hydrogen) atoms. The number of carbonyl (C=O) groups is 1. The predicted octanol–water partition coefficient (Wildman–Crippen LogP) is 7.47. The molecule has 0 radical (unpaired) electrons. The van der Waals surface area contributed by atoms with Crippen molar-refractivity contribution in [1.82, 2.24) is 4.90 Å². The monoisotopic (exact) mass is 577 g/mol. The molecule has 6 heteroatoms. The maximum absolute atomic E-state index is 13.6. The summed E-state index contributed by atoms with van der Waals surface area (Å²) in [6, 6.07) is 37.7. The van der Waals surface area contributed by atoms with E-state index in [0.717, 1.165) is 27.8 Å². The predicted molar refractivity (Wildman–Crippen MR) is 167 cm³/mol. The van der Waals surface area contributed by atoms with Crippen molar-refractivity contribution in [2.45, 2.75) is 57.7 Å². The number of nitrogens with zero attached hydrogens (tertiary/aromatic N) is 1. The minimum atomic E-state index is -0.397. The molecular weight excluding hydrogens is 538 g/mol. The zero-order valence-electron chi connectivity index (χ0n) is 24.4. The molecule has 4 aromatic rings. The van der Waals surface area contributed by atoms with Gasteiger partial charge in [-0.1, -0.05) is 121 Å². The van der Waals surface area contributed by atoms with Crippen molar-refractivity contribution in [3.05, 3.63) is 156 Å². The molecule has 0 saturated carbocycles. The first-order valence-corrected chi connectivity index (χ1v) is 14.7. The van der Waals surface area contributed by atoms with Gasteiger partial charge in [0.1, 0.15) is 18.8 Å². The van der Waals surface area contributed by atoms with Crippen molar-refractivity contribution in [3.63, 3.8) is 0 Å². The van der Waals surface area contributed by atoms with E-state index in [1.54, 1.807) is 4.90 Å². The average molecular weight is 578 g/mol. The van der Waals surface area contributed by atoms with Crippen LogP contribution in [0.2, 0.25) is 0 Å². The molecule has 0 bridgehead atoms. The number of hydrogen-bond acceptors (Lipinski definition) is 5. The van der Waals surface area contributed by atoms with E-state index >= 15 is 0 Å². The van der Waals surface area contributed by atoms with E-state index in [1.165, 1.54) is 0 Å². The molecule has 1 aliphatic heterocycles. The van der Waals surface area contributed by atoms with Crippen molar-refractivity contribution in [2.24, 2.45) is 0 Å². The van der Waals surface area contributed by atoms with Gasteiger partial charge in [0.25, 0.3) is 0 Å². The van der Waals surface area contributed by atoms with E-state index in [9.17, 15) is 4.79 Å². The fraction of sp³-hybridized carbons (Fsp3) is 0.270.